The van der Waals surface area contributed by atoms with Crippen molar-refractivity contribution < 1.29 is 29.3 Å². The monoisotopic (exact) mass is 449 g/mol. The smallest absolute Gasteiger partial charge is 0.303 e. The largest absolute Gasteiger partial charge is 0.458 e. The number of rotatable bonds is 4. The molecule has 4 aliphatic carbocycles. The van der Waals surface area contributed by atoms with E-state index >= 15 is 0 Å². The molecule has 0 aromatic rings. The lowest BCUT2D eigenvalue weighted by Gasteiger charge is -2.63. The van der Waals surface area contributed by atoms with Crippen molar-refractivity contribution in [1.82, 2.24) is 5.32 Å². The maximum atomic E-state index is 13.0. The third-order valence-electron chi connectivity index (χ3n) is 10.0. The zero-order valence-electron chi connectivity index (χ0n) is 19.9. The first-order chi connectivity index (χ1) is 14.9. The Morgan fingerprint density at radius 1 is 1.06 bits per heavy atom. The van der Waals surface area contributed by atoms with Gasteiger partial charge in [-0.05, 0) is 80.5 Å². The van der Waals surface area contributed by atoms with Crippen molar-refractivity contribution in [3.8, 4) is 0 Å². The van der Waals surface area contributed by atoms with Crippen LogP contribution in [-0.2, 0) is 19.1 Å². The molecule has 180 valence electrons. The minimum absolute atomic E-state index is 0.00108. The maximum Gasteiger partial charge on any atom is 0.303 e. The highest BCUT2D eigenvalue weighted by Gasteiger charge is 2.68. The summed E-state index contributed by atoms with van der Waals surface area (Å²) < 4.78 is 4.92. The van der Waals surface area contributed by atoms with Crippen LogP contribution >= 0.6 is 0 Å². The predicted octanol–water partition coefficient (Wildman–Crippen LogP) is 2.37. The number of hydrogen-bond donors (Lipinski definition) is 3. The van der Waals surface area contributed by atoms with Gasteiger partial charge in [-0.25, -0.2) is 0 Å². The van der Waals surface area contributed by atoms with Gasteiger partial charge in [0, 0.05) is 25.3 Å². The molecule has 0 spiro atoms. The molecule has 7 heteroatoms. The Hall–Kier alpha value is -1.47. The Kier molecular flexibility index (Phi) is 5.98. The molecule has 0 radical (unpaired) electrons. The molecular weight excluding hydrogens is 410 g/mol. The van der Waals surface area contributed by atoms with Crippen molar-refractivity contribution in [3.63, 3.8) is 0 Å². The molecule has 32 heavy (non-hydrogen) atoms. The van der Waals surface area contributed by atoms with Crippen LogP contribution in [0.2, 0.25) is 0 Å². The molecule has 0 aromatic heterocycles. The fourth-order valence-corrected chi connectivity index (χ4v) is 8.55. The van der Waals surface area contributed by atoms with Crippen molar-refractivity contribution in [2.75, 3.05) is 6.61 Å². The number of Topliss-reactive ketones (excluding diaryl/α,β-unsaturated/α-hetero) is 1. The number of aliphatic hydroxyl groups is 2. The number of esters is 1. The second kappa shape index (κ2) is 8.08. The fraction of sp³-hybridized carbons (Fsp3) is 0.880. The summed E-state index contributed by atoms with van der Waals surface area (Å²) >= 11 is 0. The summed E-state index contributed by atoms with van der Waals surface area (Å²) in [5.74, 6) is 0.0589. The Balaban J connectivity index is 1.57. The van der Waals surface area contributed by atoms with Crippen LogP contribution < -0.4 is 5.32 Å². The van der Waals surface area contributed by atoms with E-state index in [4.69, 9.17) is 4.74 Å². The number of hydrogen-bond acceptors (Lipinski definition) is 6. The highest BCUT2D eigenvalue weighted by atomic mass is 16.5. The van der Waals surface area contributed by atoms with Crippen LogP contribution in [0, 0.1) is 34.5 Å². The van der Waals surface area contributed by atoms with E-state index in [9.17, 15) is 24.6 Å². The van der Waals surface area contributed by atoms with Crippen LogP contribution in [0.5, 0.6) is 0 Å². The summed E-state index contributed by atoms with van der Waals surface area (Å²) in [5, 5.41) is 26.1. The topological polar surface area (TPSA) is 113 Å². The molecule has 1 amide bonds. The van der Waals surface area contributed by atoms with Crippen LogP contribution in [0.1, 0.15) is 79.1 Å². The van der Waals surface area contributed by atoms with E-state index in [0.717, 1.165) is 38.5 Å². The lowest BCUT2D eigenvalue weighted by atomic mass is 9.43. The summed E-state index contributed by atoms with van der Waals surface area (Å²) in [5.41, 5.74) is -2.29. The molecule has 0 aliphatic heterocycles. The average Bonchev–Trinajstić information content (AvgIpc) is 2.97. The van der Waals surface area contributed by atoms with Crippen molar-refractivity contribution in [3.05, 3.63) is 0 Å². The number of amides is 1. The van der Waals surface area contributed by atoms with Gasteiger partial charge in [-0.15, -0.1) is 0 Å². The molecule has 7 nitrogen and oxygen atoms in total. The van der Waals surface area contributed by atoms with Crippen molar-refractivity contribution >= 4 is 17.7 Å². The molecule has 0 heterocycles. The Morgan fingerprint density at radius 3 is 2.44 bits per heavy atom. The van der Waals surface area contributed by atoms with Crippen molar-refractivity contribution in [2.24, 2.45) is 34.5 Å². The Morgan fingerprint density at radius 2 is 1.78 bits per heavy atom. The van der Waals surface area contributed by atoms with Gasteiger partial charge in [0.05, 0.1) is 6.10 Å². The number of nitrogens with one attached hydrogen (secondary N) is 1. The summed E-state index contributed by atoms with van der Waals surface area (Å²) in [6.45, 7) is 6.68. The number of carbonyl (C=O) groups excluding carboxylic acids is 3. The van der Waals surface area contributed by atoms with Crippen LogP contribution in [-0.4, -0.2) is 52.2 Å². The van der Waals surface area contributed by atoms with Crippen molar-refractivity contribution in [1.29, 1.82) is 0 Å². The second-order valence-corrected chi connectivity index (χ2v) is 11.5. The molecule has 0 saturated heterocycles. The van der Waals surface area contributed by atoms with Crippen LogP contribution in [0.25, 0.3) is 0 Å². The highest BCUT2D eigenvalue weighted by Crippen LogP contribution is 2.68. The minimum Gasteiger partial charge on any atom is -0.458 e. The van der Waals surface area contributed by atoms with Gasteiger partial charge in [0.2, 0.25) is 11.7 Å². The van der Waals surface area contributed by atoms with Crippen LogP contribution in [0.3, 0.4) is 0 Å². The molecular formula is C25H39NO6. The SMILES string of the molecule is CC(=O)NC1CC[C@@]2(C)[C@H](CC[C@@H]3[C@@H]2[C@@H](O)C[C@@]2(C)[C@H]3CC[C@]2(O)C(=O)COC(C)=O)C1. The van der Waals surface area contributed by atoms with Crippen LogP contribution in [0.15, 0.2) is 0 Å². The fourth-order valence-electron chi connectivity index (χ4n) is 8.55. The molecule has 4 aliphatic rings. The summed E-state index contributed by atoms with van der Waals surface area (Å²) in [6.07, 6.45) is 5.79. The van der Waals surface area contributed by atoms with Crippen LogP contribution in [0.4, 0.5) is 0 Å². The summed E-state index contributed by atoms with van der Waals surface area (Å²) in [7, 11) is 0. The Labute approximate surface area is 190 Å². The second-order valence-electron chi connectivity index (χ2n) is 11.5. The Bertz CT molecular complexity index is 799. The maximum absolute atomic E-state index is 13.0. The first-order valence-corrected chi connectivity index (χ1v) is 12.3. The molecule has 4 saturated carbocycles. The standard InChI is InChI=1S/C25H39NO6/c1-14(27)26-17-7-9-23(3)16(11-17)5-6-18-19-8-10-25(31,21(30)13-32-15(2)28)24(19,4)12-20(29)22(18)23/h16-20,22,29,31H,5-13H2,1-4H3,(H,26,27)/t16-,17?,18+,19+,20+,22-,23+,24+,25+/m1/s1. The summed E-state index contributed by atoms with van der Waals surface area (Å²) in [4.78, 5) is 35.7. The number of aliphatic hydroxyl groups excluding tert-OH is 1. The van der Waals surface area contributed by atoms with E-state index in [-0.39, 0.29) is 35.1 Å². The summed E-state index contributed by atoms with van der Waals surface area (Å²) in [6, 6.07) is 0.212. The lowest BCUT2D eigenvalue weighted by Crippen LogP contribution is -2.63. The molecule has 0 bridgehead atoms. The first-order valence-electron chi connectivity index (χ1n) is 12.3. The molecule has 4 fully saturated rings. The highest BCUT2D eigenvalue weighted by molar-refractivity contribution is 5.91. The van der Waals surface area contributed by atoms with E-state index in [1.165, 1.54) is 6.92 Å². The van der Waals surface area contributed by atoms with E-state index in [1.54, 1.807) is 6.92 Å². The molecule has 1 unspecified atom stereocenters. The van der Waals surface area contributed by atoms with Gasteiger partial charge in [-0.1, -0.05) is 13.8 Å². The first kappa shape index (κ1) is 23.7. The van der Waals surface area contributed by atoms with Gasteiger partial charge in [0.15, 0.2) is 6.61 Å². The number of ketones is 1. The zero-order valence-corrected chi connectivity index (χ0v) is 19.9. The third-order valence-corrected chi connectivity index (χ3v) is 10.0. The van der Waals surface area contributed by atoms with Gasteiger partial charge in [0.1, 0.15) is 5.60 Å². The molecule has 9 atom stereocenters. The van der Waals surface area contributed by atoms with Crippen molar-refractivity contribution in [2.45, 2.75) is 96.8 Å². The predicted molar refractivity (Wildman–Crippen MR) is 117 cm³/mol. The molecule has 3 N–H and O–H groups in total. The molecule has 0 aromatic carbocycles. The van der Waals surface area contributed by atoms with E-state index < -0.39 is 35.5 Å². The minimum atomic E-state index is -1.57. The number of carbonyl (C=O) groups is 3. The van der Waals surface area contributed by atoms with Gasteiger partial charge in [-0.2, -0.15) is 0 Å². The average molecular weight is 450 g/mol. The zero-order chi connectivity index (χ0) is 23.5. The van der Waals surface area contributed by atoms with Gasteiger partial charge >= 0.3 is 5.97 Å². The lowest BCUT2D eigenvalue weighted by molar-refractivity contribution is -0.200. The normalized spacial score (nSPS) is 47.6. The molecule has 4 rings (SSSR count). The van der Waals surface area contributed by atoms with E-state index in [0.29, 0.717) is 18.8 Å². The van der Waals surface area contributed by atoms with Gasteiger partial charge in [-0.3, -0.25) is 14.4 Å². The number of ether oxygens (including phenoxy) is 1. The van der Waals surface area contributed by atoms with Gasteiger partial charge in [0.25, 0.3) is 0 Å². The van der Waals surface area contributed by atoms with E-state index in [1.807, 2.05) is 6.92 Å². The third kappa shape index (κ3) is 3.51. The van der Waals surface area contributed by atoms with Gasteiger partial charge < -0.3 is 20.3 Å². The van der Waals surface area contributed by atoms with E-state index in [2.05, 4.69) is 12.2 Å². The quantitative estimate of drug-likeness (QED) is 0.568. The number of fused-ring (bicyclic) bond motifs is 5.